The Morgan fingerprint density at radius 3 is 2.67 bits per heavy atom. The lowest BCUT2D eigenvalue weighted by Crippen LogP contribution is -2.36. The van der Waals surface area contributed by atoms with Crippen molar-refractivity contribution < 1.29 is 4.74 Å². The van der Waals surface area contributed by atoms with Crippen LogP contribution >= 0.6 is 0 Å². The zero-order valence-electron chi connectivity index (χ0n) is 10.4. The van der Waals surface area contributed by atoms with E-state index in [1.54, 1.807) is 0 Å². The Bertz CT molecular complexity index is 161. The second kappa shape index (κ2) is 7.24. The molecule has 0 heterocycles. The van der Waals surface area contributed by atoms with Crippen LogP contribution in [0, 0.1) is 11.8 Å². The zero-order chi connectivity index (χ0) is 11.1. The second-order valence-electron chi connectivity index (χ2n) is 4.88. The molecule has 0 aromatic carbocycles. The van der Waals surface area contributed by atoms with Gasteiger partial charge in [-0.1, -0.05) is 19.8 Å². The molecule has 15 heavy (non-hydrogen) atoms. The highest BCUT2D eigenvalue weighted by molar-refractivity contribution is 4.82. The van der Waals surface area contributed by atoms with Crippen molar-refractivity contribution >= 4 is 0 Å². The summed E-state index contributed by atoms with van der Waals surface area (Å²) in [5, 5.41) is 0. The van der Waals surface area contributed by atoms with Gasteiger partial charge in [0.05, 0.1) is 0 Å². The van der Waals surface area contributed by atoms with Crippen molar-refractivity contribution in [3.63, 3.8) is 0 Å². The first-order chi connectivity index (χ1) is 7.27. The fourth-order valence-electron chi connectivity index (χ4n) is 2.77. The van der Waals surface area contributed by atoms with Crippen molar-refractivity contribution in [1.29, 1.82) is 0 Å². The van der Waals surface area contributed by atoms with Crippen LogP contribution in [0.15, 0.2) is 0 Å². The minimum atomic E-state index is 0.429. The van der Waals surface area contributed by atoms with Crippen molar-refractivity contribution in [2.75, 3.05) is 13.2 Å². The van der Waals surface area contributed by atoms with E-state index in [0.717, 1.165) is 25.6 Å². The van der Waals surface area contributed by atoms with Crippen LogP contribution in [0.3, 0.4) is 0 Å². The summed E-state index contributed by atoms with van der Waals surface area (Å²) in [5.74, 6) is 1.64. The Labute approximate surface area is 94.6 Å². The molecule has 2 nitrogen and oxygen atoms in total. The van der Waals surface area contributed by atoms with Gasteiger partial charge in [0.25, 0.3) is 0 Å². The fourth-order valence-corrected chi connectivity index (χ4v) is 2.77. The molecule has 90 valence electrons. The maximum atomic E-state index is 6.16. The topological polar surface area (TPSA) is 35.2 Å². The Kier molecular flexibility index (Phi) is 6.26. The molecule has 0 bridgehead atoms. The van der Waals surface area contributed by atoms with Crippen molar-refractivity contribution in [2.45, 2.75) is 58.4 Å². The Morgan fingerprint density at radius 2 is 2.00 bits per heavy atom. The predicted octanol–water partition coefficient (Wildman–Crippen LogP) is 2.96. The first-order valence-corrected chi connectivity index (χ1v) is 6.61. The molecule has 0 aromatic rings. The second-order valence-corrected chi connectivity index (χ2v) is 4.88. The summed E-state index contributed by atoms with van der Waals surface area (Å²) in [5.41, 5.74) is 6.16. The van der Waals surface area contributed by atoms with Gasteiger partial charge in [0.1, 0.15) is 0 Å². The van der Waals surface area contributed by atoms with Gasteiger partial charge >= 0.3 is 0 Å². The maximum Gasteiger partial charge on any atom is 0.0469 e. The molecule has 1 saturated carbocycles. The highest BCUT2D eigenvalue weighted by Crippen LogP contribution is 2.32. The van der Waals surface area contributed by atoms with E-state index in [9.17, 15) is 0 Å². The summed E-state index contributed by atoms with van der Waals surface area (Å²) in [4.78, 5) is 0. The average Bonchev–Trinajstić information content (AvgIpc) is 2.23. The summed E-state index contributed by atoms with van der Waals surface area (Å²) in [7, 11) is 0. The van der Waals surface area contributed by atoms with E-state index in [0.29, 0.717) is 12.0 Å². The highest BCUT2D eigenvalue weighted by Gasteiger charge is 2.27. The Balaban J connectivity index is 2.26. The number of hydrogen-bond acceptors (Lipinski definition) is 2. The van der Waals surface area contributed by atoms with Gasteiger partial charge < -0.3 is 10.5 Å². The molecule has 2 N–H and O–H groups in total. The zero-order valence-corrected chi connectivity index (χ0v) is 10.4. The lowest BCUT2D eigenvalue weighted by Gasteiger charge is -2.34. The monoisotopic (exact) mass is 213 g/mol. The molecule has 0 aliphatic heterocycles. The third-order valence-corrected chi connectivity index (χ3v) is 3.68. The van der Waals surface area contributed by atoms with E-state index in [1.807, 2.05) is 0 Å². The van der Waals surface area contributed by atoms with Crippen LogP contribution < -0.4 is 5.73 Å². The summed E-state index contributed by atoms with van der Waals surface area (Å²) in [6.07, 6.45) is 7.77. The molecule has 0 amide bonds. The lowest BCUT2D eigenvalue weighted by molar-refractivity contribution is 0.110. The molecule has 0 saturated heterocycles. The van der Waals surface area contributed by atoms with Crippen LogP contribution in [0.2, 0.25) is 0 Å². The van der Waals surface area contributed by atoms with E-state index < -0.39 is 0 Å². The fraction of sp³-hybridized carbons (Fsp3) is 1.00. The smallest absolute Gasteiger partial charge is 0.0469 e. The maximum absolute atomic E-state index is 6.16. The molecule has 1 aliphatic rings. The normalized spacial score (nSPS) is 31.8. The molecule has 3 unspecified atom stereocenters. The number of rotatable bonds is 6. The van der Waals surface area contributed by atoms with Crippen LogP contribution in [0.4, 0.5) is 0 Å². The van der Waals surface area contributed by atoms with Crippen LogP contribution in [-0.2, 0) is 4.74 Å². The average molecular weight is 213 g/mol. The number of nitrogens with two attached hydrogens (primary N) is 1. The predicted molar refractivity (Wildman–Crippen MR) is 64.8 cm³/mol. The van der Waals surface area contributed by atoms with Gasteiger partial charge in [0, 0.05) is 19.3 Å². The Morgan fingerprint density at radius 1 is 1.20 bits per heavy atom. The van der Waals surface area contributed by atoms with Crippen molar-refractivity contribution in [3.8, 4) is 0 Å². The van der Waals surface area contributed by atoms with Crippen molar-refractivity contribution in [1.82, 2.24) is 0 Å². The first kappa shape index (κ1) is 13.0. The molecule has 3 atom stereocenters. The Hall–Kier alpha value is -0.0800. The summed E-state index contributed by atoms with van der Waals surface area (Å²) in [6.45, 7) is 6.07. The number of ether oxygens (including phenoxy) is 1. The van der Waals surface area contributed by atoms with Crippen LogP contribution in [-0.4, -0.2) is 19.3 Å². The van der Waals surface area contributed by atoms with Crippen molar-refractivity contribution in [2.24, 2.45) is 17.6 Å². The molecule has 1 aliphatic carbocycles. The standard InChI is InChI=1S/C13H27NO/c1-3-5-11-6-7-13(14)12(10-11)8-9-15-4-2/h11-13H,3-10,14H2,1-2H3. The van der Waals surface area contributed by atoms with E-state index in [-0.39, 0.29) is 0 Å². The van der Waals surface area contributed by atoms with Gasteiger partial charge in [-0.25, -0.2) is 0 Å². The summed E-state index contributed by atoms with van der Waals surface area (Å²) in [6, 6.07) is 0.429. The SMILES string of the molecule is CCCC1CCC(N)C(CCOCC)C1. The number of hydrogen-bond donors (Lipinski definition) is 1. The highest BCUT2D eigenvalue weighted by atomic mass is 16.5. The molecular weight excluding hydrogens is 186 g/mol. The molecule has 1 rings (SSSR count). The molecule has 2 heteroatoms. The van der Waals surface area contributed by atoms with E-state index in [2.05, 4.69) is 13.8 Å². The van der Waals surface area contributed by atoms with Gasteiger partial charge in [0.2, 0.25) is 0 Å². The van der Waals surface area contributed by atoms with Gasteiger partial charge in [-0.05, 0) is 44.4 Å². The van der Waals surface area contributed by atoms with Gasteiger partial charge in [-0.3, -0.25) is 0 Å². The van der Waals surface area contributed by atoms with Crippen LogP contribution in [0.5, 0.6) is 0 Å². The first-order valence-electron chi connectivity index (χ1n) is 6.61. The van der Waals surface area contributed by atoms with Gasteiger partial charge in [0.15, 0.2) is 0 Å². The summed E-state index contributed by atoms with van der Waals surface area (Å²) >= 11 is 0. The van der Waals surface area contributed by atoms with Crippen LogP contribution in [0.25, 0.3) is 0 Å². The van der Waals surface area contributed by atoms with E-state index >= 15 is 0 Å². The van der Waals surface area contributed by atoms with E-state index in [1.165, 1.54) is 32.1 Å². The van der Waals surface area contributed by atoms with E-state index in [4.69, 9.17) is 10.5 Å². The minimum absolute atomic E-state index is 0.429. The van der Waals surface area contributed by atoms with Gasteiger partial charge in [-0.2, -0.15) is 0 Å². The summed E-state index contributed by atoms with van der Waals surface area (Å²) < 4.78 is 5.42. The quantitative estimate of drug-likeness (QED) is 0.688. The largest absolute Gasteiger partial charge is 0.382 e. The lowest BCUT2D eigenvalue weighted by atomic mass is 9.75. The van der Waals surface area contributed by atoms with Crippen LogP contribution in [0.1, 0.15) is 52.4 Å². The molecule has 0 spiro atoms. The molecule has 1 fully saturated rings. The molecule has 0 radical (unpaired) electrons. The molecule has 0 aromatic heterocycles. The van der Waals surface area contributed by atoms with Gasteiger partial charge in [-0.15, -0.1) is 0 Å². The minimum Gasteiger partial charge on any atom is -0.382 e. The molecular formula is C13H27NO. The third kappa shape index (κ3) is 4.52. The third-order valence-electron chi connectivity index (χ3n) is 3.68. The van der Waals surface area contributed by atoms with Crippen molar-refractivity contribution in [3.05, 3.63) is 0 Å².